The molecule has 0 heterocycles. The number of carboxylic acids is 4. The Morgan fingerprint density at radius 1 is 0.377 bits per heavy atom. The van der Waals surface area contributed by atoms with Crippen LogP contribution in [0.15, 0.2) is 72.8 Å². The number of aliphatic hydroxyl groups excluding tert-OH is 4. The minimum Gasteiger partial charge on any atom is -0.482 e. The molecule has 8 N–H and O–H groups in total. The number of benzene rings is 4. The molecular formula is C91H123F3O28. The largest absolute Gasteiger partial charge is 0.508 e. The van der Waals surface area contributed by atoms with Crippen molar-refractivity contribution in [3.63, 3.8) is 0 Å². The smallest absolute Gasteiger partial charge is 0.482 e. The fraction of sp³-hybridized carbons (Fsp3) is 0.648. The van der Waals surface area contributed by atoms with Gasteiger partial charge in [-0.2, -0.15) is 0 Å². The van der Waals surface area contributed by atoms with Gasteiger partial charge in [0.2, 0.25) is 0 Å². The fourth-order valence-electron chi connectivity index (χ4n) is 20.3. The summed E-state index contributed by atoms with van der Waals surface area (Å²) in [5.41, 5.74) is 8.79. The molecule has 676 valence electrons. The highest BCUT2D eigenvalue weighted by atomic mass is 19.3. The number of ether oxygens (including phenoxy) is 12. The van der Waals surface area contributed by atoms with Crippen molar-refractivity contribution in [1.29, 1.82) is 0 Å². The van der Waals surface area contributed by atoms with Crippen LogP contribution in [0.2, 0.25) is 0 Å². The van der Waals surface area contributed by atoms with Gasteiger partial charge in [0, 0.05) is 0 Å². The lowest BCUT2D eigenvalue weighted by molar-refractivity contribution is -0.140. The van der Waals surface area contributed by atoms with Gasteiger partial charge in [0.1, 0.15) is 60.7 Å². The molecule has 0 aromatic heterocycles. The second kappa shape index (κ2) is 47.5. The molecule has 28 nitrogen and oxygen atoms in total. The van der Waals surface area contributed by atoms with Gasteiger partial charge >= 0.3 is 48.5 Å². The third kappa shape index (κ3) is 27.3. The number of rotatable bonds is 37. The maximum absolute atomic E-state index is 12.2. The first kappa shape index (κ1) is 96.5. The van der Waals surface area contributed by atoms with Gasteiger partial charge in [-0.1, -0.05) is 76.2 Å². The number of hydrogen-bond acceptors (Lipinski definition) is 24. The van der Waals surface area contributed by atoms with E-state index in [9.17, 15) is 72.0 Å². The number of carbonyl (C=O) groups is 8. The SMILES string of the molecule is CCOC(=O)O[C@@H](CC)CC[C@@H]1[C@H]2Cc3cccc(OCC(=O)O)c3C[C@H]2C[C@H]1O.CC[C@@H](CC[C@@H]1[C@H]2Cc3cccc(OCC(=O)O)c3C[C@H]2C[C@H]1O)OC(=O)OC.CC[C@@H](CC[C@@H]1[C@H]2Cc3cccc(OCC(=O)O)c3C[C@H]2C[C@H]1O)OC(=O)OCC(F)F.CC[C@@H](CC[C@@H]1[C@H]2Cc3cccc(OCC(=O)O)c3C[C@H]2C[C@H]1O)OC(=O)OCCF. The molecule has 0 radical (unpaired) electrons. The van der Waals surface area contributed by atoms with Gasteiger partial charge in [-0.15, -0.1) is 0 Å². The topological polar surface area (TPSA) is 409 Å². The number of fused-ring (bicyclic) bond motifs is 8. The predicted molar refractivity (Wildman–Crippen MR) is 434 cm³/mol. The zero-order valence-corrected chi connectivity index (χ0v) is 70.6. The van der Waals surface area contributed by atoms with Gasteiger partial charge in [0.05, 0.1) is 38.1 Å². The fourth-order valence-corrected chi connectivity index (χ4v) is 20.3. The van der Waals surface area contributed by atoms with E-state index in [1.54, 1.807) is 19.1 Å². The van der Waals surface area contributed by atoms with Crippen LogP contribution in [0.4, 0.5) is 32.3 Å². The van der Waals surface area contributed by atoms with Gasteiger partial charge in [-0.05, 0) is 301 Å². The number of aliphatic hydroxyl groups is 4. The van der Waals surface area contributed by atoms with Crippen LogP contribution >= 0.6 is 0 Å². The molecule has 4 saturated carbocycles. The van der Waals surface area contributed by atoms with Crippen LogP contribution in [0.3, 0.4) is 0 Å². The second-order valence-electron chi connectivity index (χ2n) is 33.3. The Morgan fingerprint density at radius 2 is 0.639 bits per heavy atom. The number of aliphatic carboxylic acids is 4. The standard InChI is InChI=1S/C23H30F2O7.C23H31FO7.C23H32O7.C22H30O7/c1-2-15(32-23(29)31-11-21(24)25)6-7-16-17-8-13-4-3-5-20(30-12-22(27)28)18(13)9-14(17)10-19(16)26;1-2-16(31-23(28)29-9-8-24)6-7-17-18-10-14-4-3-5-21(30-13-22(26)27)19(14)11-15(18)12-20(17)25;1-3-16(30-23(27)28-4-2)8-9-17-18-10-14-6-5-7-21(29-13-22(25)26)19(14)11-15(18)12-20(17)24;1-3-15(29-22(26)27-2)7-8-16-17-9-13-5-4-6-20(28-12-21(24)25)18(13)10-14(17)11-19(16)23/h3-5,14-17,19,21,26H,2,6-12H2,1H3,(H,27,28);3-5,15-18,20,25H,2,6-13H2,1H3,(H,26,27);5-7,15-18,20,24H,3-4,8-13H2,1-2H3,(H,25,26);4-6,14-17,19,23H,3,7-12H2,1-2H3,(H,24,25)/t14-,15-,16+,17-,19+;2*15-,16-,17+,18-,20+;14-,15-,16+,17-,19+/m0000/s1. The van der Waals surface area contributed by atoms with Crippen LogP contribution in [0, 0.1) is 71.0 Å². The van der Waals surface area contributed by atoms with Gasteiger partial charge in [0.15, 0.2) is 33.0 Å². The van der Waals surface area contributed by atoms with E-state index in [1.165, 1.54) is 18.2 Å². The normalized spacial score (nSPS) is 25.5. The number of methoxy groups -OCH3 is 1. The average Bonchev–Trinajstić information content (AvgIpc) is 1.63. The van der Waals surface area contributed by atoms with E-state index < -0.39 is 93.1 Å². The molecule has 0 bridgehead atoms. The molecule has 122 heavy (non-hydrogen) atoms. The Labute approximate surface area is 710 Å². The minimum atomic E-state index is -2.74. The number of halogens is 3. The molecule has 8 aliphatic carbocycles. The van der Waals surface area contributed by atoms with E-state index in [1.807, 2.05) is 76.2 Å². The van der Waals surface area contributed by atoms with E-state index in [0.29, 0.717) is 129 Å². The number of hydrogen-bond donors (Lipinski definition) is 8. The molecule has 4 aromatic carbocycles. The molecular weight excluding hydrogens is 1600 g/mol. The van der Waals surface area contributed by atoms with Crippen molar-refractivity contribution >= 4 is 48.5 Å². The summed E-state index contributed by atoms with van der Waals surface area (Å²) >= 11 is 0. The van der Waals surface area contributed by atoms with Crippen LogP contribution in [0.1, 0.15) is 182 Å². The Balaban J connectivity index is 0.000000185. The molecule has 0 amide bonds. The zero-order valence-electron chi connectivity index (χ0n) is 70.6. The van der Waals surface area contributed by atoms with Crippen LogP contribution < -0.4 is 18.9 Å². The Morgan fingerprint density at radius 3 is 0.877 bits per heavy atom. The maximum atomic E-state index is 12.2. The van der Waals surface area contributed by atoms with Gasteiger partial charge in [-0.3, -0.25) is 0 Å². The molecule has 0 unspecified atom stereocenters. The van der Waals surface area contributed by atoms with E-state index in [4.69, 9.17) is 63.1 Å². The van der Waals surface area contributed by atoms with Crippen molar-refractivity contribution in [2.24, 2.45) is 71.0 Å². The lowest BCUT2D eigenvalue weighted by Gasteiger charge is -2.32. The molecule has 8 aliphatic rings. The van der Waals surface area contributed by atoms with Crippen molar-refractivity contribution in [3.8, 4) is 23.0 Å². The van der Waals surface area contributed by atoms with Crippen molar-refractivity contribution in [2.45, 2.75) is 244 Å². The van der Waals surface area contributed by atoms with Crippen LogP contribution in [-0.2, 0) is 108 Å². The highest BCUT2D eigenvalue weighted by Gasteiger charge is 2.50. The third-order valence-electron chi connectivity index (χ3n) is 26.0. The van der Waals surface area contributed by atoms with Crippen molar-refractivity contribution < 1.29 is 149 Å². The summed E-state index contributed by atoms with van der Waals surface area (Å²) in [6, 6.07) is 22.9. The highest BCUT2D eigenvalue weighted by molar-refractivity contribution is 5.70. The molecule has 31 heteroatoms. The molecule has 12 rings (SSSR count). The number of alkyl halides is 3. The maximum Gasteiger partial charge on any atom is 0.508 e. The molecule has 4 fully saturated rings. The Kier molecular flexibility index (Phi) is 37.6. The quantitative estimate of drug-likeness (QED) is 0.0154. The van der Waals surface area contributed by atoms with Gasteiger partial charge in [-0.25, -0.2) is 51.5 Å². The number of carboxylic acid groups (broad SMARTS) is 4. The average molecular weight is 1720 g/mol. The van der Waals surface area contributed by atoms with Crippen molar-refractivity contribution in [1.82, 2.24) is 0 Å². The first-order valence-corrected chi connectivity index (χ1v) is 43.2. The minimum absolute atomic E-state index is 0.0338. The summed E-state index contributed by atoms with van der Waals surface area (Å²) in [6.45, 7) is 6.23. The summed E-state index contributed by atoms with van der Waals surface area (Å²) in [6.07, 6.45) is 8.34. The monoisotopic (exact) mass is 1720 g/mol. The molecule has 0 aliphatic heterocycles. The van der Waals surface area contributed by atoms with Crippen molar-refractivity contribution in [2.75, 3.05) is 60.0 Å². The van der Waals surface area contributed by atoms with E-state index >= 15 is 0 Å². The van der Waals surface area contributed by atoms with Crippen LogP contribution in [-0.4, -0.2) is 205 Å². The first-order valence-electron chi connectivity index (χ1n) is 43.2. The van der Waals surface area contributed by atoms with Crippen molar-refractivity contribution in [3.05, 3.63) is 117 Å². The van der Waals surface area contributed by atoms with Gasteiger partial charge in [0.25, 0.3) is 6.43 Å². The lowest BCUT2D eigenvalue weighted by atomic mass is 9.73. The van der Waals surface area contributed by atoms with E-state index in [2.05, 4.69) is 26.3 Å². The number of carbonyl (C=O) groups excluding carboxylic acids is 4. The summed E-state index contributed by atoms with van der Waals surface area (Å²) in [5, 5.41) is 78.6. The summed E-state index contributed by atoms with van der Waals surface area (Å²) in [5.74, 6) is 1.45. The molecule has 0 spiro atoms. The zero-order chi connectivity index (χ0) is 88.3. The summed E-state index contributed by atoms with van der Waals surface area (Å²) < 4.78 is 98.0. The first-order chi connectivity index (χ1) is 58.5. The Bertz CT molecular complexity index is 4070. The van der Waals surface area contributed by atoms with Gasteiger partial charge < -0.3 is 97.7 Å². The van der Waals surface area contributed by atoms with E-state index in [0.717, 1.165) is 117 Å². The lowest BCUT2D eigenvalue weighted by Crippen LogP contribution is -2.29. The second-order valence-corrected chi connectivity index (χ2v) is 33.3. The molecule has 0 saturated heterocycles. The summed E-state index contributed by atoms with van der Waals surface area (Å²) in [4.78, 5) is 89.7. The molecule has 4 aromatic rings. The Hall–Kier alpha value is -9.33. The molecule has 20 atom stereocenters. The predicted octanol–water partition coefficient (Wildman–Crippen LogP) is 14.2. The highest BCUT2D eigenvalue weighted by Crippen LogP contribution is 2.53. The van der Waals surface area contributed by atoms with E-state index in [-0.39, 0.29) is 99.1 Å². The van der Waals surface area contributed by atoms with Crippen LogP contribution in [0.25, 0.3) is 0 Å². The third-order valence-corrected chi connectivity index (χ3v) is 26.0. The van der Waals surface area contributed by atoms with Crippen LogP contribution in [0.5, 0.6) is 23.0 Å². The summed E-state index contributed by atoms with van der Waals surface area (Å²) in [7, 11) is 1.30.